The van der Waals surface area contributed by atoms with Crippen molar-refractivity contribution in [1.82, 2.24) is 4.90 Å². The standard InChI is InChI=1S/C24H20FNO3/c1-15-6-8-16(9-7-15)22(17-10-12-18(25)13-11-17)21(27)14-26-23(28)19-4-2-3-5-20(19)24(26)29/h2-13,21-22,27H,14H2,1H3/t21-,22+/m0/s1. The second kappa shape index (κ2) is 7.60. The highest BCUT2D eigenvalue weighted by atomic mass is 19.1. The third-order valence-electron chi connectivity index (χ3n) is 5.30. The molecular formula is C24H20FNO3. The molecule has 1 aliphatic heterocycles. The molecule has 0 saturated heterocycles. The SMILES string of the molecule is Cc1ccc([C@H](c2ccc(F)cc2)[C@@H](O)CN2C(=O)c3ccccc3C2=O)cc1. The molecule has 0 spiro atoms. The van der Waals surface area contributed by atoms with Gasteiger partial charge in [-0.15, -0.1) is 0 Å². The highest BCUT2D eigenvalue weighted by molar-refractivity contribution is 6.21. The fourth-order valence-corrected chi connectivity index (χ4v) is 3.78. The minimum Gasteiger partial charge on any atom is -0.390 e. The number of aliphatic hydroxyl groups excluding tert-OH is 1. The third kappa shape index (κ3) is 3.57. The van der Waals surface area contributed by atoms with Gasteiger partial charge < -0.3 is 5.11 Å². The average molecular weight is 389 g/mol. The van der Waals surface area contributed by atoms with Crippen molar-refractivity contribution in [2.24, 2.45) is 0 Å². The fraction of sp³-hybridized carbons (Fsp3) is 0.167. The van der Waals surface area contributed by atoms with E-state index in [0.717, 1.165) is 16.0 Å². The molecule has 0 bridgehead atoms. The van der Waals surface area contributed by atoms with Gasteiger partial charge in [-0.25, -0.2) is 4.39 Å². The van der Waals surface area contributed by atoms with E-state index >= 15 is 0 Å². The van der Waals surface area contributed by atoms with Gasteiger partial charge in [0.15, 0.2) is 0 Å². The molecule has 0 fully saturated rings. The number of aryl methyl sites for hydroxylation is 1. The molecule has 1 aliphatic rings. The first-order valence-corrected chi connectivity index (χ1v) is 9.41. The van der Waals surface area contributed by atoms with Crippen molar-refractivity contribution in [1.29, 1.82) is 0 Å². The molecule has 4 nitrogen and oxygen atoms in total. The van der Waals surface area contributed by atoms with E-state index in [4.69, 9.17) is 0 Å². The van der Waals surface area contributed by atoms with E-state index in [2.05, 4.69) is 0 Å². The minimum atomic E-state index is -1.05. The summed E-state index contributed by atoms with van der Waals surface area (Å²) in [5.41, 5.74) is 3.30. The van der Waals surface area contributed by atoms with Gasteiger partial charge in [0.05, 0.1) is 23.8 Å². The Morgan fingerprint density at radius 2 is 1.31 bits per heavy atom. The van der Waals surface area contributed by atoms with Crippen molar-refractivity contribution in [3.8, 4) is 0 Å². The van der Waals surface area contributed by atoms with Crippen LogP contribution in [0.1, 0.15) is 43.3 Å². The summed E-state index contributed by atoms with van der Waals surface area (Å²) >= 11 is 0. The number of hydrogen-bond acceptors (Lipinski definition) is 3. The maximum Gasteiger partial charge on any atom is 0.261 e. The second-order valence-electron chi connectivity index (χ2n) is 7.27. The van der Waals surface area contributed by atoms with Crippen molar-refractivity contribution in [2.75, 3.05) is 6.54 Å². The molecule has 0 saturated carbocycles. The summed E-state index contributed by atoms with van der Waals surface area (Å²) in [7, 11) is 0. The zero-order chi connectivity index (χ0) is 20.5. The molecular weight excluding hydrogens is 369 g/mol. The number of hydrogen-bond donors (Lipinski definition) is 1. The van der Waals surface area contributed by atoms with Crippen molar-refractivity contribution < 1.29 is 19.1 Å². The van der Waals surface area contributed by atoms with Gasteiger partial charge in [-0.05, 0) is 42.3 Å². The Morgan fingerprint density at radius 1 is 0.828 bits per heavy atom. The van der Waals surface area contributed by atoms with Crippen LogP contribution in [-0.2, 0) is 0 Å². The maximum atomic E-state index is 13.4. The summed E-state index contributed by atoms with van der Waals surface area (Å²) in [6, 6.07) is 20.2. The van der Waals surface area contributed by atoms with Crippen molar-refractivity contribution in [3.63, 3.8) is 0 Å². The summed E-state index contributed by atoms with van der Waals surface area (Å²) in [5.74, 6) is -1.70. The van der Waals surface area contributed by atoms with Crippen LogP contribution < -0.4 is 0 Å². The van der Waals surface area contributed by atoms with Crippen molar-refractivity contribution >= 4 is 11.8 Å². The monoisotopic (exact) mass is 389 g/mol. The number of aliphatic hydroxyl groups is 1. The van der Waals surface area contributed by atoms with E-state index in [1.807, 2.05) is 31.2 Å². The first-order chi connectivity index (χ1) is 14.0. The number of imide groups is 1. The quantitative estimate of drug-likeness (QED) is 0.673. The van der Waals surface area contributed by atoms with Crippen LogP contribution in [-0.4, -0.2) is 34.5 Å². The van der Waals surface area contributed by atoms with Gasteiger partial charge in [-0.2, -0.15) is 0 Å². The predicted molar refractivity (Wildman–Crippen MR) is 107 cm³/mol. The number of β-amino-alcohol motifs (C(OH)–C–C–N with tert-alkyl or cyclic N) is 1. The topological polar surface area (TPSA) is 57.6 Å². The molecule has 0 unspecified atom stereocenters. The average Bonchev–Trinajstić information content (AvgIpc) is 2.96. The van der Waals surface area contributed by atoms with Crippen molar-refractivity contribution in [2.45, 2.75) is 18.9 Å². The van der Waals surface area contributed by atoms with Gasteiger partial charge in [-0.1, -0.05) is 54.1 Å². The zero-order valence-electron chi connectivity index (χ0n) is 15.9. The number of fused-ring (bicyclic) bond motifs is 1. The van der Waals surface area contributed by atoms with Gasteiger partial charge in [0.2, 0.25) is 0 Å². The lowest BCUT2D eigenvalue weighted by molar-refractivity contribution is 0.0523. The van der Waals surface area contributed by atoms with E-state index < -0.39 is 23.8 Å². The molecule has 0 aromatic heterocycles. The predicted octanol–water partition coefficient (Wildman–Crippen LogP) is 3.92. The van der Waals surface area contributed by atoms with Crippen LogP contribution in [0.5, 0.6) is 0 Å². The number of carbonyl (C=O) groups excluding carboxylic acids is 2. The molecule has 0 radical (unpaired) electrons. The first-order valence-electron chi connectivity index (χ1n) is 9.41. The Hall–Kier alpha value is -3.31. The lowest BCUT2D eigenvalue weighted by Gasteiger charge is -2.27. The first kappa shape index (κ1) is 19.0. The lowest BCUT2D eigenvalue weighted by atomic mass is 9.86. The number of benzene rings is 3. The van der Waals surface area contributed by atoms with Gasteiger partial charge in [0.25, 0.3) is 11.8 Å². The molecule has 4 rings (SSSR count). The Balaban J connectivity index is 1.66. The van der Waals surface area contributed by atoms with Gasteiger partial charge >= 0.3 is 0 Å². The molecule has 146 valence electrons. The highest BCUT2D eigenvalue weighted by Crippen LogP contribution is 2.31. The van der Waals surface area contributed by atoms with E-state index in [9.17, 15) is 19.1 Å². The van der Waals surface area contributed by atoms with E-state index in [1.165, 1.54) is 12.1 Å². The van der Waals surface area contributed by atoms with Crippen LogP contribution >= 0.6 is 0 Å². The number of rotatable bonds is 5. The van der Waals surface area contributed by atoms with Crippen LogP contribution in [0.3, 0.4) is 0 Å². The van der Waals surface area contributed by atoms with E-state index in [-0.39, 0.29) is 12.4 Å². The number of amides is 2. The van der Waals surface area contributed by atoms with Crippen LogP contribution in [0, 0.1) is 12.7 Å². The molecule has 3 aromatic rings. The lowest BCUT2D eigenvalue weighted by Crippen LogP contribution is -2.39. The summed E-state index contributed by atoms with van der Waals surface area (Å²) < 4.78 is 13.4. The summed E-state index contributed by atoms with van der Waals surface area (Å²) in [6.07, 6.45) is -1.05. The van der Waals surface area contributed by atoms with Gasteiger partial charge in [-0.3, -0.25) is 14.5 Å². The molecule has 2 atom stereocenters. The Labute approximate surface area is 168 Å². The van der Waals surface area contributed by atoms with E-state index in [1.54, 1.807) is 36.4 Å². The molecule has 0 aliphatic carbocycles. The van der Waals surface area contributed by atoms with Crippen LogP contribution in [0.25, 0.3) is 0 Å². The maximum absolute atomic E-state index is 13.4. The summed E-state index contributed by atoms with van der Waals surface area (Å²) in [5, 5.41) is 11.1. The number of halogens is 1. The molecule has 1 N–H and O–H groups in total. The molecule has 5 heteroatoms. The van der Waals surface area contributed by atoms with Crippen LogP contribution in [0.2, 0.25) is 0 Å². The largest absolute Gasteiger partial charge is 0.390 e. The number of carbonyl (C=O) groups is 2. The molecule has 3 aromatic carbocycles. The zero-order valence-corrected chi connectivity index (χ0v) is 15.9. The number of nitrogens with zero attached hydrogens (tertiary/aromatic N) is 1. The smallest absolute Gasteiger partial charge is 0.261 e. The highest BCUT2D eigenvalue weighted by Gasteiger charge is 2.38. The van der Waals surface area contributed by atoms with Crippen LogP contribution in [0.4, 0.5) is 4.39 Å². The molecule has 29 heavy (non-hydrogen) atoms. The summed E-state index contributed by atoms with van der Waals surface area (Å²) in [4.78, 5) is 26.4. The fourth-order valence-electron chi connectivity index (χ4n) is 3.78. The minimum absolute atomic E-state index is 0.151. The second-order valence-corrected chi connectivity index (χ2v) is 7.27. The van der Waals surface area contributed by atoms with E-state index in [0.29, 0.717) is 16.7 Å². The molecule has 2 amide bonds. The Bertz CT molecular complexity index is 980. The normalized spacial score (nSPS) is 15.3. The van der Waals surface area contributed by atoms with Gasteiger partial charge in [0.1, 0.15) is 5.82 Å². The Kier molecular flexibility index (Phi) is 4.99. The van der Waals surface area contributed by atoms with Crippen molar-refractivity contribution in [3.05, 3.63) is 106 Å². The Morgan fingerprint density at radius 3 is 1.83 bits per heavy atom. The van der Waals surface area contributed by atoms with Crippen LogP contribution in [0.15, 0.2) is 72.8 Å². The van der Waals surface area contributed by atoms with Gasteiger partial charge in [0, 0.05) is 5.92 Å². The summed E-state index contributed by atoms with van der Waals surface area (Å²) in [6.45, 7) is 1.81. The third-order valence-corrected chi connectivity index (χ3v) is 5.30. The molecule has 1 heterocycles.